The van der Waals surface area contributed by atoms with Crippen LogP contribution in [0.15, 0.2) is 36.5 Å². The zero-order valence-corrected chi connectivity index (χ0v) is 20.5. The van der Waals surface area contributed by atoms with E-state index in [1.807, 2.05) is 37.4 Å². The lowest BCUT2D eigenvalue weighted by atomic mass is 9.99. The van der Waals surface area contributed by atoms with Crippen LogP contribution in [0.1, 0.15) is 17.5 Å². The van der Waals surface area contributed by atoms with Crippen molar-refractivity contribution in [2.75, 3.05) is 46.5 Å². The zero-order valence-electron chi connectivity index (χ0n) is 19.7. The van der Waals surface area contributed by atoms with E-state index in [0.29, 0.717) is 31.3 Å². The van der Waals surface area contributed by atoms with E-state index in [2.05, 4.69) is 22.7 Å². The van der Waals surface area contributed by atoms with Crippen molar-refractivity contribution in [2.24, 2.45) is 0 Å². The Balaban J connectivity index is 1.85. The minimum atomic E-state index is -0.148. The predicted octanol–water partition coefficient (Wildman–Crippen LogP) is 5.10. The Morgan fingerprint density at radius 1 is 0.970 bits per heavy atom. The van der Waals surface area contributed by atoms with E-state index >= 15 is 0 Å². The number of anilines is 1. The smallest absolute Gasteiger partial charge is 0.226 e. The fourth-order valence-electron chi connectivity index (χ4n) is 3.42. The van der Waals surface area contributed by atoms with Gasteiger partial charge in [-0.05, 0) is 65.8 Å². The number of aromatic nitrogens is 1. The fourth-order valence-corrected chi connectivity index (χ4v) is 4.17. The number of nitrogens with one attached hydrogen (secondary N) is 1. The molecule has 1 amide bonds. The maximum absolute atomic E-state index is 12.4. The van der Waals surface area contributed by atoms with Crippen molar-refractivity contribution < 1.29 is 23.7 Å². The maximum atomic E-state index is 12.4. The van der Waals surface area contributed by atoms with E-state index < -0.39 is 0 Å². The molecule has 0 aliphatic rings. The van der Waals surface area contributed by atoms with Crippen LogP contribution in [-0.2, 0) is 14.3 Å². The molecule has 7 nitrogen and oxygen atoms in total. The second-order valence-corrected chi connectivity index (χ2v) is 8.31. The van der Waals surface area contributed by atoms with Crippen molar-refractivity contribution >= 4 is 23.1 Å². The molecular formula is C25H30N2O5S. The Morgan fingerprint density at radius 3 is 2.48 bits per heavy atom. The lowest BCUT2D eigenvalue weighted by Gasteiger charge is -2.14. The molecule has 0 aliphatic carbocycles. The Hall–Kier alpha value is -2.94. The summed E-state index contributed by atoms with van der Waals surface area (Å²) in [5.74, 6) is 1.29. The van der Waals surface area contributed by atoms with Gasteiger partial charge in [0.05, 0.1) is 51.0 Å². The number of ether oxygens (including phenoxy) is 4. The summed E-state index contributed by atoms with van der Waals surface area (Å²) in [6.45, 7) is 5.40. The average molecular weight is 471 g/mol. The molecule has 1 aromatic heterocycles. The first-order chi connectivity index (χ1) is 16.0. The quantitative estimate of drug-likeness (QED) is 0.393. The highest BCUT2D eigenvalue weighted by molar-refractivity contribution is 7.10. The molecule has 0 atom stereocenters. The third-order valence-electron chi connectivity index (χ3n) is 5.36. The van der Waals surface area contributed by atoms with Gasteiger partial charge in [0.1, 0.15) is 11.5 Å². The van der Waals surface area contributed by atoms with Crippen LogP contribution in [-0.4, -0.2) is 51.4 Å². The van der Waals surface area contributed by atoms with Crippen LogP contribution in [0.25, 0.3) is 21.6 Å². The normalized spacial score (nSPS) is 10.8. The van der Waals surface area contributed by atoms with Crippen molar-refractivity contribution in [3.63, 3.8) is 0 Å². The number of amides is 1. The molecule has 8 heteroatoms. The van der Waals surface area contributed by atoms with Crippen molar-refractivity contribution in [3.8, 4) is 33.1 Å². The molecule has 0 saturated heterocycles. The van der Waals surface area contributed by atoms with Crippen molar-refractivity contribution in [3.05, 3.63) is 47.7 Å². The first kappa shape index (κ1) is 24.7. The van der Waals surface area contributed by atoms with Gasteiger partial charge in [-0.1, -0.05) is 12.1 Å². The highest BCUT2D eigenvalue weighted by atomic mass is 32.1. The SMILES string of the molecule is COCCOCCC(=O)Nc1cc(-c2cnsc2-c2cc(C)c(C)c(OC)c2)ccc1OC. The summed E-state index contributed by atoms with van der Waals surface area (Å²) < 4.78 is 25.8. The van der Waals surface area contributed by atoms with Gasteiger partial charge in [-0.15, -0.1) is 0 Å². The molecule has 3 rings (SSSR count). The number of hydrogen-bond acceptors (Lipinski definition) is 7. The van der Waals surface area contributed by atoms with E-state index in [1.165, 1.54) is 11.5 Å². The zero-order chi connectivity index (χ0) is 23.8. The molecule has 0 saturated carbocycles. The van der Waals surface area contributed by atoms with Crippen LogP contribution < -0.4 is 14.8 Å². The number of carbonyl (C=O) groups is 1. The van der Waals surface area contributed by atoms with Crippen molar-refractivity contribution in [2.45, 2.75) is 20.3 Å². The molecule has 0 spiro atoms. The Labute approximate surface area is 198 Å². The predicted molar refractivity (Wildman–Crippen MR) is 132 cm³/mol. The van der Waals surface area contributed by atoms with Crippen LogP contribution in [0.4, 0.5) is 5.69 Å². The molecule has 3 aromatic rings. The molecule has 0 bridgehead atoms. The van der Waals surface area contributed by atoms with Crippen LogP contribution in [0.5, 0.6) is 11.5 Å². The number of aryl methyl sites for hydroxylation is 1. The monoisotopic (exact) mass is 470 g/mol. The third-order valence-corrected chi connectivity index (χ3v) is 6.21. The van der Waals surface area contributed by atoms with Gasteiger partial charge in [0.15, 0.2) is 0 Å². The fraction of sp³-hybridized carbons (Fsp3) is 0.360. The van der Waals surface area contributed by atoms with Gasteiger partial charge >= 0.3 is 0 Å². The standard InChI is InChI=1S/C25H30N2O5S/c1-16-12-19(14-23(31-5)17(16)2)25-20(15-26-33-25)18-6-7-22(30-4)21(13-18)27-24(28)8-9-32-11-10-29-3/h6-7,12-15H,8-11H2,1-5H3,(H,27,28). The number of nitrogens with zero attached hydrogens (tertiary/aromatic N) is 1. The van der Waals surface area contributed by atoms with Crippen LogP contribution in [0, 0.1) is 13.8 Å². The molecule has 1 heterocycles. The Bertz CT molecular complexity index is 1100. The molecule has 33 heavy (non-hydrogen) atoms. The largest absolute Gasteiger partial charge is 0.496 e. The van der Waals surface area contributed by atoms with E-state index in [0.717, 1.165) is 38.4 Å². The van der Waals surface area contributed by atoms with E-state index in [-0.39, 0.29) is 12.3 Å². The summed E-state index contributed by atoms with van der Waals surface area (Å²) in [6, 6.07) is 9.91. The van der Waals surface area contributed by atoms with Crippen molar-refractivity contribution in [1.82, 2.24) is 4.37 Å². The molecule has 0 fully saturated rings. The van der Waals surface area contributed by atoms with Gasteiger partial charge in [0.25, 0.3) is 0 Å². The summed E-state index contributed by atoms with van der Waals surface area (Å²) >= 11 is 1.43. The van der Waals surface area contributed by atoms with Gasteiger partial charge in [-0.25, -0.2) is 0 Å². The highest BCUT2D eigenvalue weighted by Crippen LogP contribution is 2.40. The Morgan fingerprint density at radius 2 is 1.76 bits per heavy atom. The lowest BCUT2D eigenvalue weighted by Crippen LogP contribution is -2.15. The maximum Gasteiger partial charge on any atom is 0.226 e. The number of carbonyl (C=O) groups excluding carboxylic acids is 1. The molecule has 0 radical (unpaired) electrons. The molecule has 2 aromatic carbocycles. The van der Waals surface area contributed by atoms with Gasteiger partial charge in [0.2, 0.25) is 5.91 Å². The number of benzene rings is 2. The molecular weight excluding hydrogens is 440 g/mol. The summed E-state index contributed by atoms with van der Waals surface area (Å²) in [6.07, 6.45) is 2.09. The van der Waals surface area contributed by atoms with Crippen LogP contribution in [0.3, 0.4) is 0 Å². The average Bonchev–Trinajstić information content (AvgIpc) is 3.30. The van der Waals surface area contributed by atoms with E-state index in [9.17, 15) is 4.79 Å². The summed E-state index contributed by atoms with van der Waals surface area (Å²) in [4.78, 5) is 13.5. The van der Waals surface area contributed by atoms with Crippen LogP contribution >= 0.6 is 11.5 Å². The highest BCUT2D eigenvalue weighted by Gasteiger charge is 2.16. The molecule has 1 N–H and O–H groups in total. The number of methoxy groups -OCH3 is 3. The van der Waals surface area contributed by atoms with Crippen LogP contribution in [0.2, 0.25) is 0 Å². The molecule has 0 aliphatic heterocycles. The molecule has 0 unspecified atom stereocenters. The summed E-state index contributed by atoms with van der Waals surface area (Å²) in [5.41, 5.74) is 5.83. The Kier molecular flexibility index (Phi) is 8.82. The van der Waals surface area contributed by atoms with Gasteiger partial charge in [0, 0.05) is 18.9 Å². The summed E-state index contributed by atoms with van der Waals surface area (Å²) in [5, 5.41) is 2.94. The second-order valence-electron chi connectivity index (χ2n) is 7.51. The summed E-state index contributed by atoms with van der Waals surface area (Å²) in [7, 11) is 4.87. The third kappa shape index (κ3) is 6.10. The topological polar surface area (TPSA) is 78.9 Å². The molecule has 176 valence electrons. The van der Waals surface area contributed by atoms with Gasteiger partial charge < -0.3 is 24.3 Å². The second kappa shape index (κ2) is 11.8. The lowest BCUT2D eigenvalue weighted by molar-refractivity contribution is -0.117. The van der Waals surface area contributed by atoms with Gasteiger partial charge in [-0.2, -0.15) is 4.37 Å². The number of hydrogen-bond donors (Lipinski definition) is 1. The van der Waals surface area contributed by atoms with Crippen molar-refractivity contribution in [1.29, 1.82) is 0 Å². The minimum Gasteiger partial charge on any atom is -0.496 e. The first-order valence-electron chi connectivity index (χ1n) is 10.6. The van der Waals surface area contributed by atoms with E-state index in [4.69, 9.17) is 18.9 Å². The number of rotatable bonds is 11. The first-order valence-corrected chi connectivity index (χ1v) is 11.4. The minimum absolute atomic E-state index is 0.148. The van der Waals surface area contributed by atoms with Gasteiger partial charge in [-0.3, -0.25) is 4.79 Å². The van der Waals surface area contributed by atoms with E-state index in [1.54, 1.807) is 21.3 Å².